The Morgan fingerprint density at radius 1 is 1.26 bits per heavy atom. The van der Waals surface area contributed by atoms with E-state index in [2.05, 4.69) is 4.98 Å². The third-order valence-electron chi connectivity index (χ3n) is 7.40. The first kappa shape index (κ1) is 27.0. The predicted octanol–water partition coefficient (Wildman–Crippen LogP) is 4.07. The highest BCUT2D eigenvalue weighted by Crippen LogP contribution is 2.37. The summed E-state index contributed by atoms with van der Waals surface area (Å²) in [5, 5.41) is 20.4. The molecule has 0 amide bonds. The Labute approximate surface area is 228 Å². The van der Waals surface area contributed by atoms with Crippen molar-refractivity contribution in [1.29, 1.82) is 0 Å². The van der Waals surface area contributed by atoms with E-state index in [0.29, 0.717) is 27.6 Å². The molecule has 2 N–H and O–H groups in total. The number of aliphatic carboxylic acids is 1. The van der Waals surface area contributed by atoms with E-state index >= 15 is 0 Å². The van der Waals surface area contributed by atoms with Gasteiger partial charge in [-0.2, -0.15) is 0 Å². The number of carboxylic acids is 1. The molecule has 1 aromatic carbocycles. The average molecular weight is 554 g/mol. The number of benzene rings is 1. The summed E-state index contributed by atoms with van der Waals surface area (Å²) in [4.78, 5) is 45.2. The lowest BCUT2D eigenvalue weighted by atomic mass is 9.94. The van der Waals surface area contributed by atoms with Gasteiger partial charge < -0.3 is 19.4 Å². The number of aliphatic hydroxyl groups excluding tert-OH is 1. The number of rotatable bonds is 8. The third-order valence-corrected chi connectivity index (χ3v) is 8.70. The minimum Gasteiger partial charge on any atom is -0.480 e. The number of aromatic nitrogens is 3. The van der Waals surface area contributed by atoms with Crippen LogP contribution in [-0.4, -0.2) is 42.5 Å². The summed E-state index contributed by atoms with van der Waals surface area (Å²) >= 11 is 1.20. The lowest BCUT2D eigenvalue weighted by Crippen LogP contribution is -2.52. The first-order chi connectivity index (χ1) is 18.6. The van der Waals surface area contributed by atoms with Crippen molar-refractivity contribution >= 4 is 27.5 Å². The van der Waals surface area contributed by atoms with Gasteiger partial charge in [0.05, 0.1) is 35.2 Å². The van der Waals surface area contributed by atoms with Gasteiger partial charge in [0.2, 0.25) is 5.89 Å². The summed E-state index contributed by atoms with van der Waals surface area (Å²) in [6.45, 7) is 4.44. The fraction of sp³-hybridized carbons (Fsp3) is 0.429. The van der Waals surface area contributed by atoms with Gasteiger partial charge >= 0.3 is 11.7 Å². The number of aliphatic hydroxyl groups is 1. The first-order valence-electron chi connectivity index (χ1n) is 12.9. The number of hydrogen-bond acceptors (Lipinski definition) is 8. The van der Waals surface area contributed by atoms with E-state index in [4.69, 9.17) is 9.15 Å². The number of nitrogens with zero attached hydrogens (tertiary/aromatic N) is 3. The van der Waals surface area contributed by atoms with Crippen LogP contribution in [0.4, 0.5) is 0 Å². The van der Waals surface area contributed by atoms with Crippen molar-refractivity contribution in [3.8, 4) is 10.8 Å². The number of ether oxygens (including phenoxy) is 1. The summed E-state index contributed by atoms with van der Waals surface area (Å²) in [6.07, 6.45) is 4.51. The predicted molar refractivity (Wildman–Crippen MR) is 146 cm³/mol. The van der Waals surface area contributed by atoms with Crippen molar-refractivity contribution < 1.29 is 24.2 Å². The molecule has 0 aliphatic heterocycles. The van der Waals surface area contributed by atoms with Crippen LogP contribution >= 0.6 is 11.3 Å². The molecule has 5 rings (SSSR count). The van der Waals surface area contributed by atoms with Gasteiger partial charge in [-0.25, -0.2) is 19.1 Å². The van der Waals surface area contributed by atoms with Crippen LogP contribution in [0, 0.1) is 6.92 Å². The standard InChI is InChI=1S/C28H31N3O7S/c1-16-21-24(33)31(28(2,3)26(34)35)27(36)30(25(21)39-22(16)23-29-12-13-37-23)15-20(17-8-5-4-6-9-17)38-19-11-7-10-18(32)14-19/h4-6,8-9,12-13,18-20,32H,7,10-11,14-15H2,1-3H3,(H,34,35)/t18-,19-,20-/m0/s1. The van der Waals surface area contributed by atoms with E-state index in [1.165, 1.54) is 42.2 Å². The Balaban J connectivity index is 1.72. The molecule has 0 saturated heterocycles. The molecule has 1 aliphatic rings. The molecule has 1 aliphatic carbocycles. The highest BCUT2D eigenvalue weighted by atomic mass is 32.1. The maximum Gasteiger partial charge on any atom is 0.333 e. The maximum atomic E-state index is 14.0. The van der Waals surface area contributed by atoms with E-state index in [-0.39, 0.29) is 18.0 Å². The van der Waals surface area contributed by atoms with Crippen LogP contribution in [0.3, 0.4) is 0 Å². The number of hydrogen-bond donors (Lipinski definition) is 2. The van der Waals surface area contributed by atoms with E-state index in [1.807, 2.05) is 30.3 Å². The van der Waals surface area contributed by atoms with E-state index in [1.54, 1.807) is 6.92 Å². The summed E-state index contributed by atoms with van der Waals surface area (Å²) in [7, 11) is 0. The van der Waals surface area contributed by atoms with Crippen molar-refractivity contribution in [3.63, 3.8) is 0 Å². The second-order valence-corrected chi connectivity index (χ2v) is 11.4. The van der Waals surface area contributed by atoms with Crippen LogP contribution in [0.25, 0.3) is 21.0 Å². The topological polar surface area (TPSA) is 137 Å². The largest absolute Gasteiger partial charge is 0.480 e. The van der Waals surface area contributed by atoms with Gasteiger partial charge in [0.25, 0.3) is 5.56 Å². The van der Waals surface area contributed by atoms with Gasteiger partial charge in [0.15, 0.2) is 0 Å². The van der Waals surface area contributed by atoms with Crippen molar-refractivity contribution in [2.24, 2.45) is 0 Å². The normalized spacial score (nSPS) is 18.9. The molecule has 3 atom stereocenters. The molecule has 4 aromatic rings. The Hall–Kier alpha value is -3.54. The van der Waals surface area contributed by atoms with Crippen LogP contribution in [0.1, 0.15) is 56.8 Å². The number of fused-ring (bicyclic) bond motifs is 1. The Bertz CT molecular complexity index is 1600. The molecule has 0 unspecified atom stereocenters. The van der Waals surface area contributed by atoms with Gasteiger partial charge in [0.1, 0.15) is 22.7 Å². The second kappa shape index (κ2) is 10.6. The Morgan fingerprint density at radius 2 is 2.00 bits per heavy atom. The molecule has 1 fully saturated rings. The monoisotopic (exact) mass is 553 g/mol. The number of aryl methyl sites for hydroxylation is 1. The third kappa shape index (κ3) is 4.97. The molecule has 0 radical (unpaired) electrons. The molecule has 0 bridgehead atoms. The van der Waals surface area contributed by atoms with Crippen LogP contribution in [0.5, 0.6) is 0 Å². The first-order valence-corrected chi connectivity index (χ1v) is 13.7. The molecule has 11 heteroatoms. The highest BCUT2D eigenvalue weighted by molar-refractivity contribution is 7.22. The summed E-state index contributed by atoms with van der Waals surface area (Å²) < 4.78 is 14.3. The second-order valence-electron chi connectivity index (χ2n) is 10.4. The number of carboxylic acid groups (broad SMARTS) is 1. The van der Waals surface area contributed by atoms with Crippen molar-refractivity contribution in [2.45, 2.75) is 76.9 Å². The molecular weight excluding hydrogens is 522 g/mol. The molecule has 10 nitrogen and oxygen atoms in total. The van der Waals surface area contributed by atoms with Crippen LogP contribution in [0.15, 0.2) is 56.8 Å². The van der Waals surface area contributed by atoms with Crippen LogP contribution in [0.2, 0.25) is 0 Å². The molecule has 3 aromatic heterocycles. The van der Waals surface area contributed by atoms with Gasteiger partial charge in [0, 0.05) is 0 Å². The van der Waals surface area contributed by atoms with E-state index in [9.17, 15) is 24.6 Å². The lowest BCUT2D eigenvalue weighted by Gasteiger charge is -2.31. The van der Waals surface area contributed by atoms with Gasteiger partial charge in [-0.05, 0) is 57.6 Å². The minimum absolute atomic E-state index is 0.0346. The highest BCUT2D eigenvalue weighted by Gasteiger charge is 2.36. The average Bonchev–Trinajstić information content (AvgIpc) is 3.54. The zero-order valence-corrected chi connectivity index (χ0v) is 22.8. The minimum atomic E-state index is -1.81. The van der Waals surface area contributed by atoms with Crippen molar-refractivity contribution in [2.75, 3.05) is 0 Å². The van der Waals surface area contributed by atoms with Crippen LogP contribution in [-0.2, 0) is 21.6 Å². The summed E-state index contributed by atoms with van der Waals surface area (Å²) in [5.74, 6) is -0.997. The van der Waals surface area contributed by atoms with E-state index in [0.717, 1.165) is 29.4 Å². The van der Waals surface area contributed by atoms with Gasteiger partial charge in [-0.15, -0.1) is 11.3 Å². The molecule has 3 heterocycles. The Morgan fingerprint density at radius 3 is 2.64 bits per heavy atom. The maximum absolute atomic E-state index is 14.0. The molecule has 206 valence electrons. The number of thiophene rings is 1. The zero-order valence-electron chi connectivity index (χ0n) is 22.0. The van der Waals surface area contributed by atoms with Crippen molar-refractivity contribution in [1.82, 2.24) is 14.1 Å². The van der Waals surface area contributed by atoms with Gasteiger partial charge in [-0.1, -0.05) is 30.3 Å². The lowest BCUT2D eigenvalue weighted by molar-refractivity contribution is -0.146. The molecule has 0 spiro atoms. The molecule has 39 heavy (non-hydrogen) atoms. The molecule has 1 saturated carbocycles. The quantitative estimate of drug-likeness (QED) is 0.333. The fourth-order valence-electron chi connectivity index (χ4n) is 5.17. The van der Waals surface area contributed by atoms with Crippen molar-refractivity contribution in [3.05, 3.63) is 74.8 Å². The Kier molecular flexibility index (Phi) is 7.32. The smallest absolute Gasteiger partial charge is 0.333 e. The number of carbonyl (C=O) groups is 1. The molecular formula is C28H31N3O7S. The van der Waals surface area contributed by atoms with E-state index < -0.39 is 35.0 Å². The summed E-state index contributed by atoms with van der Waals surface area (Å²) in [5.41, 5.74) is -1.85. The fourth-order valence-corrected chi connectivity index (χ4v) is 6.41. The SMILES string of the molecule is Cc1c(-c2ncco2)sc2c1c(=O)n(C(C)(C)C(=O)O)c(=O)n2C[C@H](O[C@H]1CCC[C@H](O)C1)c1ccccc1. The zero-order chi connectivity index (χ0) is 27.9. The van der Waals surface area contributed by atoms with Crippen LogP contribution < -0.4 is 11.2 Å². The summed E-state index contributed by atoms with van der Waals surface area (Å²) in [6, 6.07) is 9.45. The van der Waals surface area contributed by atoms with Gasteiger partial charge in [-0.3, -0.25) is 9.36 Å². The number of oxazole rings is 1.